The molecule has 0 fully saturated rings. The molecule has 2 rings (SSSR count). The van der Waals surface area contributed by atoms with Crippen molar-refractivity contribution >= 4 is 23.7 Å². The zero-order chi connectivity index (χ0) is 20.7. The van der Waals surface area contributed by atoms with Gasteiger partial charge in [0.2, 0.25) is 5.91 Å². The van der Waals surface area contributed by atoms with Crippen molar-refractivity contribution in [3.8, 4) is 0 Å². The van der Waals surface area contributed by atoms with Gasteiger partial charge in [-0.15, -0.1) is 0 Å². The Morgan fingerprint density at radius 3 is 2.14 bits per heavy atom. The molecule has 0 aliphatic carbocycles. The number of carboxylic acids is 1. The summed E-state index contributed by atoms with van der Waals surface area (Å²) in [5.74, 6) is -1.36. The van der Waals surface area contributed by atoms with E-state index in [1.165, 1.54) is 24.3 Å². The molecule has 0 spiro atoms. The van der Waals surface area contributed by atoms with Gasteiger partial charge in [0.15, 0.2) is 0 Å². The lowest BCUT2D eigenvalue weighted by molar-refractivity contribution is -0.116. The average Bonchev–Trinajstić information content (AvgIpc) is 2.60. The Bertz CT molecular complexity index is 826. The maximum atomic E-state index is 12.5. The summed E-state index contributed by atoms with van der Waals surface area (Å²) >= 11 is 0. The van der Waals surface area contributed by atoms with E-state index in [1.807, 2.05) is 30.3 Å². The summed E-state index contributed by atoms with van der Waals surface area (Å²) in [6, 6.07) is 14.4. The Balaban J connectivity index is 2.07. The van der Waals surface area contributed by atoms with Crippen molar-refractivity contribution in [3.05, 3.63) is 65.7 Å². The second kappa shape index (κ2) is 9.03. The average molecular weight is 384 g/mol. The first-order valence-corrected chi connectivity index (χ1v) is 8.82. The first-order chi connectivity index (χ1) is 13.1. The van der Waals surface area contributed by atoms with Gasteiger partial charge in [0.05, 0.1) is 18.0 Å². The molecule has 28 heavy (non-hydrogen) atoms. The van der Waals surface area contributed by atoms with E-state index in [0.29, 0.717) is 5.69 Å². The minimum absolute atomic E-state index is 0.00998. The van der Waals surface area contributed by atoms with E-state index in [4.69, 9.17) is 9.84 Å². The van der Waals surface area contributed by atoms with E-state index in [-0.39, 0.29) is 17.9 Å². The molecule has 2 aromatic rings. The SMILES string of the molecule is CC(C)(C)OC(=O)N[C@@H](CC(=O)Nc1ccc(C(=O)O)cc1)c1ccccc1. The molecular formula is C21H24N2O5. The Kier molecular flexibility index (Phi) is 6.76. The molecule has 7 heteroatoms. The van der Waals surface area contributed by atoms with Crippen LogP contribution in [0.3, 0.4) is 0 Å². The molecule has 0 aliphatic heterocycles. The second-order valence-electron chi connectivity index (χ2n) is 7.24. The van der Waals surface area contributed by atoms with Gasteiger partial charge in [0, 0.05) is 5.69 Å². The summed E-state index contributed by atoms with van der Waals surface area (Å²) in [6.45, 7) is 5.28. The van der Waals surface area contributed by atoms with Crippen molar-refractivity contribution < 1.29 is 24.2 Å². The van der Waals surface area contributed by atoms with E-state index >= 15 is 0 Å². The number of rotatable bonds is 6. The first kappa shape index (κ1) is 21.0. The summed E-state index contributed by atoms with van der Waals surface area (Å²) < 4.78 is 5.29. The number of anilines is 1. The third-order valence-electron chi connectivity index (χ3n) is 3.70. The fraction of sp³-hybridized carbons (Fsp3) is 0.286. The Labute approximate surface area is 163 Å². The van der Waals surface area contributed by atoms with E-state index in [9.17, 15) is 14.4 Å². The molecule has 0 bridgehead atoms. The maximum absolute atomic E-state index is 12.5. The van der Waals surface area contributed by atoms with E-state index in [0.717, 1.165) is 5.56 Å². The highest BCUT2D eigenvalue weighted by molar-refractivity contribution is 5.93. The molecule has 0 aliphatic rings. The molecule has 0 aromatic heterocycles. The molecule has 7 nitrogen and oxygen atoms in total. The molecule has 0 saturated carbocycles. The number of benzene rings is 2. The third kappa shape index (κ3) is 6.75. The largest absolute Gasteiger partial charge is 0.478 e. The molecule has 0 heterocycles. The number of hydrogen-bond donors (Lipinski definition) is 3. The first-order valence-electron chi connectivity index (χ1n) is 8.82. The summed E-state index contributed by atoms with van der Waals surface area (Å²) in [5.41, 5.74) is 0.718. The summed E-state index contributed by atoms with van der Waals surface area (Å²) in [5, 5.41) is 14.4. The van der Waals surface area contributed by atoms with Crippen molar-refractivity contribution in [3.63, 3.8) is 0 Å². The van der Waals surface area contributed by atoms with Gasteiger partial charge < -0.3 is 20.5 Å². The van der Waals surface area contributed by atoms with Crippen molar-refractivity contribution in [2.75, 3.05) is 5.32 Å². The number of hydrogen-bond acceptors (Lipinski definition) is 4. The lowest BCUT2D eigenvalue weighted by Crippen LogP contribution is -2.36. The van der Waals surface area contributed by atoms with E-state index in [1.54, 1.807) is 20.8 Å². The molecule has 0 radical (unpaired) electrons. The molecule has 1 atom stereocenters. The normalized spacial score (nSPS) is 12.0. The van der Waals surface area contributed by atoms with Gasteiger partial charge in [-0.25, -0.2) is 9.59 Å². The predicted octanol–water partition coefficient (Wildman–Crippen LogP) is 3.98. The van der Waals surface area contributed by atoms with Gasteiger partial charge in [-0.2, -0.15) is 0 Å². The van der Waals surface area contributed by atoms with Crippen LogP contribution in [0, 0.1) is 0 Å². The van der Waals surface area contributed by atoms with Crippen LogP contribution >= 0.6 is 0 Å². The second-order valence-corrected chi connectivity index (χ2v) is 7.24. The molecule has 3 N–H and O–H groups in total. The van der Waals surface area contributed by atoms with Crippen LogP contribution in [0.4, 0.5) is 10.5 Å². The third-order valence-corrected chi connectivity index (χ3v) is 3.70. The predicted molar refractivity (Wildman–Crippen MR) is 105 cm³/mol. The van der Waals surface area contributed by atoms with Crippen LogP contribution in [0.2, 0.25) is 0 Å². The highest BCUT2D eigenvalue weighted by Crippen LogP contribution is 2.19. The lowest BCUT2D eigenvalue weighted by Gasteiger charge is -2.23. The number of aromatic carboxylic acids is 1. The smallest absolute Gasteiger partial charge is 0.408 e. The van der Waals surface area contributed by atoms with Crippen LogP contribution in [0.15, 0.2) is 54.6 Å². The fourth-order valence-corrected chi connectivity index (χ4v) is 2.48. The summed E-state index contributed by atoms with van der Waals surface area (Å²) in [7, 11) is 0. The number of carbonyl (C=O) groups excluding carboxylic acids is 2. The van der Waals surface area contributed by atoms with Crippen molar-refractivity contribution in [2.45, 2.75) is 38.8 Å². The Morgan fingerprint density at radius 2 is 1.61 bits per heavy atom. The minimum atomic E-state index is -1.04. The Morgan fingerprint density at radius 1 is 1.00 bits per heavy atom. The number of nitrogens with one attached hydrogen (secondary N) is 2. The van der Waals surface area contributed by atoms with Crippen LogP contribution in [0.1, 0.15) is 49.2 Å². The van der Waals surface area contributed by atoms with Gasteiger partial charge in [-0.05, 0) is 50.6 Å². The molecule has 0 unspecified atom stereocenters. The lowest BCUT2D eigenvalue weighted by atomic mass is 10.0. The van der Waals surface area contributed by atoms with Crippen LogP contribution in [0.25, 0.3) is 0 Å². The Hall–Kier alpha value is -3.35. The molecular weight excluding hydrogens is 360 g/mol. The number of carboxylic acid groups (broad SMARTS) is 1. The molecule has 148 valence electrons. The number of ether oxygens (including phenoxy) is 1. The number of carbonyl (C=O) groups is 3. The van der Waals surface area contributed by atoms with Gasteiger partial charge >= 0.3 is 12.1 Å². The van der Waals surface area contributed by atoms with Gasteiger partial charge in [-0.1, -0.05) is 30.3 Å². The van der Waals surface area contributed by atoms with Crippen molar-refractivity contribution in [2.24, 2.45) is 0 Å². The quantitative estimate of drug-likeness (QED) is 0.699. The van der Waals surface area contributed by atoms with Crippen LogP contribution in [-0.2, 0) is 9.53 Å². The topological polar surface area (TPSA) is 105 Å². The summed E-state index contributed by atoms with van der Waals surface area (Å²) in [6.07, 6.45) is -0.621. The van der Waals surface area contributed by atoms with Crippen LogP contribution in [-0.4, -0.2) is 28.7 Å². The highest BCUT2D eigenvalue weighted by atomic mass is 16.6. The fourth-order valence-electron chi connectivity index (χ4n) is 2.48. The van der Waals surface area contributed by atoms with Crippen molar-refractivity contribution in [1.82, 2.24) is 5.32 Å². The monoisotopic (exact) mass is 384 g/mol. The van der Waals surface area contributed by atoms with Gasteiger partial charge in [-0.3, -0.25) is 4.79 Å². The zero-order valence-corrected chi connectivity index (χ0v) is 16.1. The van der Waals surface area contributed by atoms with Crippen LogP contribution in [0.5, 0.6) is 0 Å². The molecule has 2 aromatic carbocycles. The highest BCUT2D eigenvalue weighted by Gasteiger charge is 2.22. The maximum Gasteiger partial charge on any atom is 0.408 e. The molecule has 2 amide bonds. The van der Waals surface area contributed by atoms with Crippen LogP contribution < -0.4 is 10.6 Å². The number of alkyl carbamates (subject to hydrolysis) is 1. The zero-order valence-electron chi connectivity index (χ0n) is 16.1. The standard InChI is InChI=1S/C21H24N2O5/c1-21(2,3)28-20(27)23-17(14-7-5-4-6-8-14)13-18(24)22-16-11-9-15(10-12-16)19(25)26/h4-12,17H,13H2,1-3H3,(H,22,24)(H,23,27)(H,25,26)/t17-/m0/s1. The van der Waals surface area contributed by atoms with E-state index in [2.05, 4.69) is 10.6 Å². The molecule has 0 saturated heterocycles. The minimum Gasteiger partial charge on any atom is -0.478 e. The summed E-state index contributed by atoms with van der Waals surface area (Å²) in [4.78, 5) is 35.5. The van der Waals surface area contributed by atoms with E-state index < -0.39 is 23.7 Å². The van der Waals surface area contributed by atoms with Gasteiger partial charge in [0.25, 0.3) is 0 Å². The van der Waals surface area contributed by atoms with Crippen molar-refractivity contribution in [1.29, 1.82) is 0 Å². The van der Waals surface area contributed by atoms with Gasteiger partial charge in [0.1, 0.15) is 5.60 Å². The number of amides is 2.